The van der Waals surface area contributed by atoms with Crippen molar-refractivity contribution in [1.29, 1.82) is 0 Å². The molecular formula is C13H13BrClNS. The van der Waals surface area contributed by atoms with Crippen molar-refractivity contribution in [3.05, 3.63) is 49.9 Å². The maximum atomic E-state index is 6.47. The standard InChI is InChI=1S/C13H13BrClNS/c1-8-13(17-9(2)16-8)12(15)7-10-4-3-5-11(14)6-10/h3-6,12H,7H2,1-2H3. The van der Waals surface area contributed by atoms with Gasteiger partial charge in [0.15, 0.2) is 0 Å². The molecule has 0 N–H and O–H groups in total. The second-order valence-electron chi connectivity index (χ2n) is 3.98. The Morgan fingerprint density at radius 1 is 1.41 bits per heavy atom. The average Bonchev–Trinajstić information content (AvgIpc) is 2.58. The molecule has 1 aromatic heterocycles. The fourth-order valence-electron chi connectivity index (χ4n) is 1.80. The Hall–Kier alpha value is -0.380. The van der Waals surface area contributed by atoms with E-state index in [9.17, 15) is 0 Å². The summed E-state index contributed by atoms with van der Waals surface area (Å²) >= 11 is 11.6. The van der Waals surface area contributed by atoms with Gasteiger partial charge >= 0.3 is 0 Å². The van der Waals surface area contributed by atoms with Crippen molar-refractivity contribution in [3.8, 4) is 0 Å². The van der Waals surface area contributed by atoms with Gasteiger partial charge in [0.2, 0.25) is 0 Å². The van der Waals surface area contributed by atoms with Crippen LogP contribution in [-0.2, 0) is 6.42 Å². The Balaban J connectivity index is 2.16. The number of aryl methyl sites for hydroxylation is 2. The number of halogens is 2. The van der Waals surface area contributed by atoms with Crippen LogP contribution in [0, 0.1) is 13.8 Å². The highest BCUT2D eigenvalue weighted by atomic mass is 79.9. The lowest BCUT2D eigenvalue weighted by Crippen LogP contribution is -1.95. The molecule has 1 nitrogen and oxygen atoms in total. The van der Waals surface area contributed by atoms with Crippen LogP contribution in [0.2, 0.25) is 0 Å². The summed E-state index contributed by atoms with van der Waals surface area (Å²) in [6.45, 7) is 4.04. The van der Waals surface area contributed by atoms with Crippen molar-refractivity contribution in [2.24, 2.45) is 0 Å². The van der Waals surface area contributed by atoms with E-state index in [-0.39, 0.29) is 5.38 Å². The smallest absolute Gasteiger partial charge is 0.0900 e. The average molecular weight is 331 g/mol. The predicted octanol–water partition coefficient (Wildman–Crippen LogP) is 5.05. The molecule has 1 heterocycles. The predicted molar refractivity (Wildman–Crippen MR) is 78.0 cm³/mol. The van der Waals surface area contributed by atoms with E-state index in [1.807, 2.05) is 26.0 Å². The number of benzene rings is 1. The molecule has 0 spiro atoms. The van der Waals surface area contributed by atoms with E-state index in [0.29, 0.717) is 0 Å². The van der Waals surface area contributed by atoms with Crippen LogP contribution < -0.4 is 0 Å². The quantitative estimate of drug-likeness (QED) is 0.718. The van der Waals surface area contributed by atoms with E-state index < -0.39 is 0 Å². The first-order chi connectivity index (χ1) is 8.06. The zero-order valence-electron chi connectivity index (χ0n) is 9.71. The molecule has 1 aromatic carbocycles. The van der Waals surface area contributed by atoms with Gasteiger partial charge in [-0.05, 0) is 38.0 Å². The summed E-state index contributed by atoms with van der Waals surface area (Å²) < 4.78 is 1.09. The minimum Gasteiger partial charge on any atom is -0.247 e. The van der Waals surface area contributed by atoms with Crippen molar-refractivity contribution in [2.45, 2.75) is 25.6 Å². The molecule has 90 valence electrons. The van der Waals surface area contributed by atoms with Gasteiger partial charge in [-0.25, -0.2) is 4.98 Å². The third kappa shape index (κ3) is 3.30. The molecule has 0 saturated heterocycles. The number of thiazole rings is 1. The van der Waals surface area contributed by atoms with Gasteiger partial charge in [-0.2, -0.15) is 0 Å². The number of rotatable bonds is 3. The van der Waals surface area contributed by atoms with Gasteiger partial charge in [0.1, 0.15) is 0 Å². The van der Waals surface area contributed by atoms with Crippen molar-refractivity contribution in [1.82, 2.24) is 4.98 Å². The lowest BCUT2D eigenvalue weighted by molar-refractivity contribution is 0.922. The topological polar surface area (TPSA) is 12.9 Å². The van der Waals surface area contributed by atoms with Crippen LogP contribution in [0.25, 0.3) is 0 Å². The first-order valence-corrected chi connectivity index (χ1v) is 7.43. The molecule has 1 unspecified atom stereocenters. The van der Waals surface area contributed by atoms with Gasteiger partial charge in [-0.15, -0.1) is 22.9 Å². The highest BCUT2D eigenvalue weighted by Gasteiger charge is 2.15. The third-order valence-electron chi connectivity index (χ3n) is 2.53. The maximum Gasteiger partial charge on any atom is 0.0900 e. The molecule has 1 atom stereocenters. The summed E-state index contributed by atoms with van der Waals surface area (Å²) in [5.74, 6) is 0. The Labute approximate surface area is 119 Å². The van der Waals surface area contributed by atoms with Crippen LogP contribution in [0.4, 0.5) is 0 Å². The summed E-state index contributed by atoms with van der Waals surface area (Å²) in [6.07, 6.45) is 0.837. The van der Waals surface area contributed by atoms with E-state index in [1.54, 1.807) is 11.3 Å². The van der Waals surface area contributed by atoms with Gasteiger partial charge in [-0.3, -0.25) is 0 Å². The number of aromatic nitrogens is 1. The Kier molecular flexibility index (Phi) is 4.23. The Bertz CT molecular complexity index is 524. The van der Waals surface area contributed by atoms with Crippen molar-refractivity contribution < 1.29 is 0 Å². The van der Waals surface area contributed by atoms with Crippen LogP contribution >= 0.6 is 38.9 Å². The fourth-order valence-corrected chi connectivity index (χ4v) is 3.62. The molecule has 0 aliphatic heterocycles. The van der Waals surface area contributed by atoms with Crippen molar-refractivity contribution in [2.75, 3.05) is 0 Å². The molecule has 0 amide bonds. The van der Waals surface area contributed by atoms with Crippen LogP contribution in [-0.4, -0.2) is 4.98 Å². The zero-order chi connectivity index (χ0) is 12.4. The number of nitrogens with zero attached hydrogens (tertiary/aromatic N) is 1. The fraction of sp³-hybridized carbons (Fsp3) is 0.308. The van der Waals surface area contributed by atoms with E-state index in [2.05, 4.69) is 33.0 Å². The van der Waals surface area contributed by atoms with E-state index in [0.717, 1.165) is 21.6 Å². The molecule has 2 rings (SSSR count). The molecule has 0 bridgehead atoms. The minimum atomic E-state index is 0.00972. The molecule has 4 heteroatoms. The van der Waals surface area contributed by atoms with Crippen LogP contribution in [0.15, 0.2) is 28.7 Å². The summed E-state index contributed by atoms with van der Waals surface area (Å²) in [6, 6.07) is 8.27. The molecule has 0 aliphatic carbocycles. The van der Waals surface area contributed by atoms with Crippen LogP contribution in [0.1, 0.15) is 26.5 Å². The summed E-state index contributed by atoms with van der Waals surface area (Å²) in [5, 5.41) is 1.09. The first-order valence-electron chi connectivity index (χ1n) is 5.38. The first kappa shape index (κ1) is 13.1. The number of hydrogen-bond donors (Lipinski definition) is 0. The zero-order valence-corrected chi connectivity index (χ0v) is 12.9. The van der Waals surface area contributed by atoms with Gasteiger partial charge in [0.25, 0.3) is 0 Å². The highest BCUT2D eigenvalue weighted by molar-refractivity contribution is 9.10. The Morgan fingerprint density at radius 3 is 2.76 bits per heavy atom. The molecule has 0 saturated carbocycles. The normalized spacial score (nSPS) is 12.7. The second kappa shape index (κ2) is 5.51. The Morgan fingerprint density at radius 2 is 2.18 bits per heavy atom. The largest absolute Gasteiger partial charge is 0.247 e. The van der Waals surface area contributed by atoms with Gasteiger partial charge < -0.3 is 0 Å². The van der Waals surface area contributed by atoms with E-state index in [1.165, 1.54) is 10.4 Å². The second-order valence-corrected chi connectivity index (χ2v) is 6.66. The summed E-state index contributed by atoms with van der Waals surface area (Å²) in [7, 11) is 0. The third-order valence-corrected chi connectivity index (χ3v) is 4.71. The van der Waals surface area contributed by atoms with Crippen molar-refractivity contribution >= 4 is 38.9 Å². The number of hydrogen-bond acceptors (Lipinski definition) is 2. The van der Waals surface area contributed by atoms with Gasteiger partial charge in [0, 0.05) is 9.35 Å². The van der Waals surface area contributed by atoms with E-state index >= 15 is 0 Å². The molecule has 0 aliphatic rings. The number of alkyl halides is 1. The van der Waals surface area contributed by atoms with Gasteiger partial charge in [-0.1, -0.05) is 28.1 Å². The van der Waals surface area contributed by atoms with Crippen molar-refractivity contribution in [3.63, 3.8) is 0 Å². The monoisotopic (exact) mass is 329 g/mol. The van der Waals surface area contributed by atoms with E-state index in [4.69, 9.17) is 11.6 Å². The van der Waals surface area contributed by atoms with Gasteiger partial charge in [0.05, 0.1) is 16.1 Å². The summed E-state index contributed by atoms with van der Waals surface area (Å²) in [4.78, 5) is 5.60. The lowest BCUT2D eigenvalue weighted by Gasteiger charge is -2.08. The summed E-state index contributed by atoms with van der Waals surface area (Å²) in [5.41, 5.74) is 2.30. The molecule has 0 radical (unpaired) electrons. The van der Waals surface area contributed by atoms with Crippen LogP contribution in [0.3, 0.4) is 0 Å². The molecule has 2 aromatic rings. The highest BCUT2D eigenvalue weighted by Crippen LogP contribution is 2.32. The molecule has 0 fully saturated rings. The SMILES string of the molecule is Cc1nc(C)c(C(Cl)Cc2cccc(Br)c2)s1. The molecule has 17 heavy (non-hydrogen) atoms. The van der Waals surface area contributed by atoms with Crippen LogP contribution in [0.5, 0.6) is 0 Å². The maximum absolute atomic E-state index is 6.47. The minimum absolute atomic E-state index is 0.00972. The molecular weight excluding hydrogens is 318 g/mol. The lowest BCUT2D eigenvalue weighted by atomic mass is 10.1.